The number of likely N-dealkylation sites (tertiary alicyclic amines) is 1. The first kappa shape index (κ1) is 19.7. The van der Waals surface area contributed by atoms with Crippen LogP contribution in [0.15, 0.2) is 24.3 Å². The zero-order valence-corrected chi connectivity index (χ0v) is 15.5. The summed E-state index contributed by atoms with van der Waals surface area (Å²) in [5.74, 6) is -1.04. The van der Waals surface area contributed by atoms with E-state index in [1.54, 1.807) is 12.1 Å². The lowest BCUT2D eigenvalue weighted by atomic mass is 10.0. The quantitative estimate of drug-likeness (QED) is 0.712. The van der Waals surface area contributed by atoms with Gasteiger partial charge in [-0.1, -0.05) is 12.1 Å². The molecule has 2 heterocycles. The molecular weight excluding hydrogens is 351 g/mol. The van der Waals surface area contributed by atoms with E-state index >= 15 is 0 Å². The van der Waals surface area contributed by atoms with E-state index in [0.29, 0.717) is 19.5 Å². The molecule has 0 spiro atoms. The van der Waals surface area contributed by atoms with Gasteiger partial charge in [0.15, 0.2) is 0 Å². The Hall–Kier alpha value is -2.03. The summed E-state index contributed by atoms with van der Waals surface area (Å²) in [6.45, 7) is 1.34. The smallest absolute Gasteiger partial charge is 0.317 e. The predicted molar refractivity (Wildman–Crippen MR) is 98.3 cm³/mol. The molecular formula is C19H27FN4O3. The number of carbonyl (C=O) groups is 2. The molecule has 0 aromatic heterocycles. The normalized spacial score (nSPS) is 26.2. The minimum Gasteiger partial charge on any atom is -0.480 e. The van der Waals surface area contributed by atoms with Crippen LogP contribution < -0.4 is 10.9 Å². The van der Waals surface area contributed by atoms with E-state index in [0.717, 1.165) is 24.8 Å². The van der Waals surface area contributed by atoms with Crippen LogP contribution in [0.4, 0.5) is 4.39 Å². The summed E-state index contributed by atoms with van der Waals surface area (Å²) in [6, 6.07) is 6.16. The highest BCUT2D eigenvalue weighted by molar-refractivity contribution is 5.82. The SMILES string of the molecule is CN(CC(=O)O)C1CCCN(C(=O)C2CC(c3ccc(F)cc3)NN2)CC1. The summed E-state index contributed by atoms with van der Waals surface area (Å²) in [5, 5.41) is 8.96. The Labute approximate surface area is 158 Å². The van der Waals surface area contributed by atoms with Gasteiger partial charge in [0.05, 0.1) is 6.54 Å². The summed E-state index contributed by atoms with van der Waals surface area (Å²) >= 11 is 0. The van der Waals surface area contributed by atoms with Crippen LogP contribution in [0.3, 0.4) is 0 Å². The molecule has 0 aliphatic carbocycles. The number of rotatable bonds is 5. The number of carboxylic acid groups (broad SMARTS) is 1. The van der Waals surface area contributed by atoms with Gasteiger partial charge >= 0.3 is 5.97 Å². The molecule has 7 nitrogen and oxygen atoms in total. The molecule has 0 saturated carbocycles. The number of nitrogens with one attached hydrogen (secondary N) is 2. The van der Waals surface area contributed by atoms with Gasteiger partial charge in [-0.15, -0.1) is 0 Å². The average molecular weight is 378 g/mol. The largest absolute Gasteiger partial charge is 0.480 e. The van der Waals surface area contributed by atoms with Crippen molar-refractivity contribution in [1.29, 1.82) is 0 Å². The van der Waals surface area contributed by atoms with E-state index in [-0.39, 0.29) is 36.4 Å². The topological polar surface area (TPSA) is 84.9 Å². The number of nitrogens with zero attached hydrogens (tertiary/aromatic N) is 2. The lowest BCUT2D eigenvalue weighted by Crippen LogP contribution is -2.46. The van der Waals surface area contributed by atoms with E-state index in [4.69, 9.17) is 5.11 Å². The molecule has 1 amide bonds. The molecule has 2 saturated heterocycles. The van der Waals surface area contributed by atoms with Gasteiger partial charge in [0, 0.05) is 25.2 Å². The number of hydrazine groups is 1. The minimum atomic E-state index is -0.831. The number of aliphatic carboxylic acids is 1. The first-order chi connectivity index (χ1) is 12.9. The number of benzene rings is 1. The molecule has 0 radical (unpaired) electrons. The second kappa shape index (κ2) is 8.77. The molecule has 3 N–H and O–H groups in total. The monoisotopic (exact) mass is 378 g/mol. The van der Waals surface area contributed by atoms with Crippen molar-refractivity contribution in [2.45, 2.75) is 43.8 Å². The maximum absolute atomic E-state index is 13.1. The Bertz CT molecular complexity index is 669. The second-order valence-corrected chi connectivity index (χ2v) is 7.40. The average Bonchev–Trinajstić information content (AvgIpc) is 2.98. The summed E-state index contributed by atoms with van der Waals surface area (Å²) in [6.07, 6.45) is 3.14. The van der Waals surface area contributed by atoms with Gasteiger partial charge in [0.1, 0.15) is 11.9 Å². The summed E-state index contributed by atoms with van der Waals surface area (Å²) in [4.78, 5) is 27.5. The molecule has 3 rings (SSSR count). The summed E-state index contributed by atoms with van der Waals surface area (Å²) in [7, 11) is 1.83. The van der Waals surface area contributed by atoms with Crippen molar-refractivity contribution in [1.82, 2.24) is 20.7 Å². The standard InChI is InChI=1S/C19H27FN4O3/c1-23(12-18(25)26)15-3-2-9-24(10-8-15)19(27)17-11-16(21-22-17)13-4-6-14(20)7-5-13/h4-7,15-17,21-22H,2-3,8-12H2,1H3,(H,25,26). The van der Waals surface area contributed by atoms with Crippen molar-refractivity contribution in [3.05, 3.63) is 35.6 Å². The highest BCUT2D eigenvalue weighted by atomic mass is 19.1. The van der Waals surface area contributed by atoms with Gasteiger partial charge in [-0.05, 0) is 50.4 Å². The molecule has 3 atom stereocenters. The molecule has 0 bridgehead atoms. The van der Waals surface area contributed by atoms with E-state index in [1.165, 1.54) is 12.1 Å². The van der Waals surface area contributed by atoms with Crippen LogP contribution in [0.2, 0.25) is 0 Å². The molecule has 27 heavy (non-hydrogen) atoms. The third kappa shape index (κ3) is 5.03. The van der Waals surface area contributed by atoms with E-state index in [2.05, 4.69) is 10.9 Å². The Morgan fingerprint density at radius 2 is 1.96 bits per heavy atom. The first-order valence-electron chi connectivity index (χ1n) is 9.41. The molecule has 1 aromatic rings. The van der Waals surface area contributed by atoms with Gasteiger partial charge in [-0.3, -0.25) is 14.5 Å². The fourth-order valence-electron chi connectivity index (χ4n) is 3.93. The van der Waals surface area contributed by atoms with Gasteiger partial charge in [-0.25, -0.2) is 15.2 Å². The molecule has 8 heteroatoms. The zero-order chi connectivity index (χ0) is 19.4. The fraction of sp³-hybridized carbons (Fsp3) is 0.579. The number of hydrogen-bond acceptors (Lipinski definition) is 5. The molecule has 2 fully saturated rings. The number of carboxylic acids is 1. The molecule has 2 aliphatic heterocycles. The van der Waals surface area contributed by atoms with Crippen LogP contribution in [-0.2, 0) is 9.59 Å². The van der Waals surface area contributed by atoms with Crippen LogP contribution in [0.25, 0.3) is 0 Å². The number of carbonyl (C=O) groups excluding carboxylic acids is 1. The van der Waals surface area contributed by atoms with Crippen molar-refractivity contribution in [2.75, 3.05) is 26.7 Å². The van der Waals surface area contributed by atoms with E-state index < -0.39 is 5.97 Å². The van der Waals surface area contributed by atoms with Crippen molar-refractivity contribution in [2.24, 2.45) is 0 Å². The fourth-order valence-corrected chi connectivity index (χ4v) is 3.93. The van der Waals surface area contributed by atoms with Crippen LogP contribution >= 0.6 is 0 Å². The summed E-state index contributed by atoms with van der Waals surface area (Å²) in [5.41, 5.74) is 7.16. The third-order valence-electron chi connectivity index (χ3n) is 5.49. The predicted octanol–water partition coefficient (Wildman–Crippen LogP) is 1.13. The third-order valence-corrected chi connectivity index (χ3v) is 5.49. The lowest BCUT2D eigenvalue weighted by Gasteiger charge is -2.26. The zero-order valence-electron chi connectivity index (χ0n) is 15.5. The second-order valence-electron chi connectivity index (χ2n) is 7.40. The van der Waals surface area contributed by atoms with Crippen molar-refractivity contribution >= 4 is 11.9 Å². The van der Waals surface area contributed by atoms with Crippen molar-refractivity contribution in [3.63, 3.8) is 0 Å². The Kier molecular flexibility index (Phi) is 6.41. The number of hydrogen-bond donors (Lipinski definition) is 3. The maximum Gasteiger partial charge on any atom is 0.317 e. The first-order valence-corrected chi connectivity index (χ1v) is 9.41. The Morgan fingerprint density at radius 1 is 1.22 bits per heavy atom. The van der Waals surface area contributed by atoms with Crippen LogP contribution in [-0.4, -0.2) is 65.5 Å². The Morgan fingerprint density at radius 3 is 2.67 bits per heavy atom. The van der Waals surface area contributed by atoms with Crippen LogP contribution in [0.5, 0.6) is 0 Å². The van der Waals surface area contributed by atoms with Crippen molar-refractivity contribution < 1.29 is 19.1 Å². The Balaban J connectivity index is 1.54. The molecule has 2 aliphatic rings. The summed E-state index contributed by atoms with van der Waals surface area (Å²) < 4.78 is 13.1. The van der Waals surface area contributed by atoms with Gasteiger partial charge in [0.2, 0.25) is 5.91 Å². The van der Waals surface area contributed by atoms with Gasteiger partial charge in [0.25, 0.3) is 0 Å². The number of likely N-dealkylation sites (N-methyl/N-ethyl adjacent to an activating group) is 1. The van der Waals surface area contributed by atoms with Crippen LogP contribution in [0, 0.1) is 5.82 Å². The molecule has 1 aromatic carbocycles. The van der Waals surface area contributed by atoms with Crippen LogP contribution in [0.1, 0.15) is 37.3 Å². The number of halogens is 1. The van der Waals surface area contributed by atoms with Gasteiger partial charge < -0.3 is 10.0 Å². The molecule has 3 unspecified atom stereocenters. The maximum atomic E-state index is 13.1. The molecule has 148 valence electrons. The van der Waals surface area contributed by atoms with E-state index in [1.807, 2.05) is 16.8 Å². The highest BCUT2D eigenvalue weighted by Gasteiger charge is 2.34. The highest BCUT2D eigenvalue weighted by Crippen LogP contribution is 2.24. The number of amides is 1. The van der Waals surface area contributed by atoms with E-state index in [9.17, 15) is 14.0 Å². The van der Waals surface area contributed by atoms with Crippen molar-refractivity contribution in [3.8, 4) is 0 Å². The van der Waals surface area contributed by atoms with Gasteiger partial charge in [-0.2, -0.15) is 0 Å². The minimum absolute atomic E-state index is 0.0199. The lowest BCUT2D eigenvalue weighted by molar-refractivity contribution is -0.138.